The highest BCUT2D eigenvalue weighted by Gasteiger charge is 2.71. The molecule has 10 nitrogen and oxygen atoms in total. The van der Waals surface area contributed by atoms with E-state index in [1.54, 1.807) is 27.8 Å². The molecule has 1 spiro atoms. The minimum atomic E-state index is -1.42. The quantitative estimate of drug-likeness (QED) is 0.264. The van der Waals surface area contributed by atoms with Gasteiger partial charge in [0.05, 0.1) is 18.1 Å². The summed E-state index contributed by atoms with van der Waals surface area (Å²) >= 11 is 0. The third-order valence-electron chi connectivity index (χ3n) is 10.6. The molecule has 4 aliphatic rings. The lowest BCUT2D eigenvalue weighted by molar-refractivity contribution is -0.164. The van der Waals surface area contributed by atoms with E-state index in [9.17, 15) is 24.3 Å². The van der Waals surface area contributed by atoms with Gasteiger partial charge in [0, 0.05) is 38.9 Å². The highest BCUT2D eigenvalue weighted by molar-refractivity contribution is 6.06. The van der Waals surface area contributed by atoms with Gasteiger partial charge >= 0.3 is 5.97 Å². The van der Waals surface area contributed by atoms with E-state index in [1.165, 1.54) is 0 Å². The fourth-order valence-corrected chi connectivity index (χ4v) is 7.93. The Morgan fingerprint density at radius 2 is 1.73 bits per heavy atom. The predicted molar refractivity (Wildman–Crippen MR) is 184 cm³/mol. The maximum Gasteiger partial charge on any atom is 0.313 e. The molecule has 0 aromatic heterocycles. The van der Waals surface area contributed by atoms with Crippen molar-refractivity contribution in [1.82, 2.24) is 9.80 Å². The lowest BCUT2D eigenvalue weighted by Crippen LogP contribution is -2.55. The number of likely N-dealkylation sites (tertiary alicyclic amines) is 1. The second-order valence-corrected chi connectivity index (χ2v) is 13.8. The molecule has 4 heterocycles. The minimum absolute atomic E-state index is 0.0405. The molecule has 2 aromatic rings. The Hall–Kier alpha value is -4.28. The second-order valence-electron chi connectivity index (χ2n) is 13.8. The number of ether oxygens (including phenoxy) is 2. The summed E-state index contributed by atoms with van der Waals surface area (Å²) in [4.78, 5) is 62.2. The molecule has 10 heteroatoms. The predicted octanol–water partition coefficient (Wildman–Crippen LogP) is 4.43. The van der Waals surface area contributed by atoms with Crippen LogP contribution in [0.5, 0.6) is 0 Å². The molecule has 49 heavy (non-hydrogen) atoms. The van der Waals surface area contributed by atoms with Gasteiger partial charge < -0.3 is 29.3 Å². The third-order valence-corrected chi connectivity index (χ3v) is 10.6. The van der Waals surface area contributed by atoms with E-state index in [-0.39, 0.29) is 43.8 Å². The molecule has 7 atom stereocenters. The molecule has 260 valence electrons. The topological polar surface area (TPSA) is 117 Å². The van der Waals surface area contributed by atoms with Crippen molar-refractivity contribution in [3.8, 4) is 0 Å². The van der Waals surface area contributed by atoms with E-state index in [0.29, 0.717) is 25.7 Å². The SMILES string of the molecule is Cc1ccc(C)c(N2CC=C[C@]34O[C@@H]5/C=C\CCC(=O)N(C)[C@H](C)[C@@H](c6ccccc6)OC(=O)[C@@H]5[C@H]3C(=O)N(CCCCCO)[C@@H]4C2=O)c1. The number of cyclic esters (lactones) is 1. The first-order valence-electron chi connectivity index (χ1n) is 17.4. The summed E-state index contributed by atoms with van der Waals surface area (Å²) in [5.41, 5.74) is 2.01. The van der Waals surface area contributed by atoms with E-state index in [4.69, 9.17) is 9.47 Å². The number of hydrogen-bond donors (Lipinski definition) is 1. The van der Waals surface area contributed by atoms with Crippen LogP contribution in [-0.4, -0.2) is 89.1 Å². The molecule has 6 rings (SSSR count). The number of benzene rings is 2. The maximum atomic E-state index is 14.8. The molecule has 1 N–H and O–H groups in total. The first-order valence-corrected chi connectivity index (χ1v) is 17.4. The molecular weight excluding hydrogens is 622 g/mol. The summed E-state index contributed by atoms with van der Waals surface area (Å²) in [6.45, 7) is 6.39. The van der Waals surface area contributed by atoms with Gasteiger partial charge in [0.15, 0.2) is 0 Å². The van der Waals surface area contributed by atoms with Gasteiger partial charge in [-0.05, 0) is 69.2 Å². The van der Waals surface area contributed by atoms with Crippen molar-refractivity contribution < 1.29 is 33.8 Å². The first-order chi connectivity index (χ1) is 23.6. The van der Waals surface area contributed by atoms with Crippen LogP contribution in [0.1, 0.15) is 61.8 Å². The number of allylic oxidation sites excluding steroid dienone is 1. The molecule has 2 fully saturated rings. The Morgan fingerprint density at radius 1 is 0.959 bits per heavy atom. The van der Waals surface area contributed by atoms with E-state index in [2.05, 4.69) is 0 Å². The number of likely N-dealkylation sites (N-methyl/N-ethyl adjacent to an activating group) is 1. The summed E-state index contributed by atoms with van der Waals surface area (Å²) < 4.78 is 13.2. The Morgan fingerprint density at radius 3 is 2.49 bits per heavy atom. The lowest BCUT2D eigenvalue weighted by Gasteiger charge is -2.36. The number of carbonyl (C=O) groups excluding carboxylic acids is 4. The molecule has 0 radical (unpaired) electrons. The molecular formula is C39H47N3O7. The van der Waals surface area contributed by atoms with E-state index < -0.39 is 47.7 Å². The van der Waals surface area contributed by atoms with Crippen LogP contribution in [0, 0.1) is 25.7 Å². The van der Waals surface area contributed by atoms with Gasteiger partial charge in [-0.3, -0.25) is 19.2 Å². The fourth-order valence-electron chi connectivity index (χ4n) is 7.93. The van der Waals surface area contributed by atoms with E-state index in [1.807, 2.05) is 87.5 Å². The van der Waals surface area contributed by atoms with Crippen molar-refractivity contribution in [3.63, 3.8) is 0 Å². The molecule has 0 unspecified atom stereocenters. The maximum absolute atomic E-state index is 14.8. The Bertz CT molecular complexity index is 1640. The number of aryl methyl sites for hydroxylation is 2. The lowest BCUT2D eigenvalue weighted by atomic mass is 9.77. The number of amides is 3. The average Bonchev–Trinajstić information content (AvgIpc) is 3.48. The standard InChI is InChI=1S/C39H47N3O7/c1-25-18-19-26(2)29(24-25)41-22-13-20-39-33(36(45)42(35(39)37(41)46)21-11-6-12-23-43)32-30(49-39)16-9-10-17-31(44)40(4)27(3)34(48-38(32)47)28-14-7-5-8-15-28/h5,7-9,13-16,18-20,24,27,30,32-35,43H,6,10-12,17,21-23H2,1-4H3/b16-9-/t27-,30-,32+,33+,34+,35-,39+/m1/s1. The van der Waals surface area contributed by atoms with Crippen LogP contribution in [0.4, 0.5) is 5.69 Å². The summed E-state index contributed by atoms with van der Waals surface area (Å²) in [6, 6.07) is 13.8. The number of esters is 1. The number of anilines is 1. The van der Waals surface area contributed by atoms with Crippen LogP contribution in [0.3, 0.4) is 0 Å². The molecule has 0 aliphatic carbocycles. The minimum Gasteiger partial charge on any atom is -0.455 e. The molecule has 0 saturated carbocycles. The van der Waals surface area contributed by atoms with E-state index in [0.717, 1.165) is 22.4 Å². The van der Waals surface area contributed by atoms with Crippen molar-refractivity contribution in [2.75, 3.05) is 31.6 Å². The Kier molecular flexibility index (Phi) is 10.1. The van der Waals surface area contributed by atoms with Crippen molar-refractivity contribution >= 4 is 29.4 Å². The summed E-state index contributed by atoms with van der Waals surface area (Å²) in [7, 11) is 1.71. The fraction of sp³-hybridized carbons (Fsp3) is 0.487. The van der Waals surface area contributed by atoms with Crippen molar-refractivity contribution in [1.29, 1.82) is 0 Å². The van der Waals surface area contributed by atoms with Gasteiger partial charge in [0.1, 0.15) is 23.7 Å². The zero-order valence-corrected chi connectivity index (χ0v) is 28.8. The number of fused-ring (bicyclic) bond motifs is 2. The van der Waals surface area contributed by atoms with Crippen LogP contribution in [0.25, 0.3) is 0 Å². The van der Waals surface area contributed by atoms with Crippen LogP contribution in [0.15, 0.2) is 72.8 Å². The first kappa shape index (κ1) is 34.6. The Balaban J connectivity index is 1.44. The Labute approximate surface area is 288 Å². The van der Waals surface area contributed by atoms with Crippen molar-refractivity contribution in [2.24, 2.45) is 11.8 Å². The van der Waals surface area contributed by atoms with Crippen LogP contribution in [0.2, 0.25) is 0 Å². The molecule has 2 aromatic carbocycles. The normalized spacial score (nSPS) is 31.0. The van der Waals surface area contributed by atoms with Crippen molar-refractivity contribution in [3.05, 3.63) is 89.5 Å². The number of aliphatic hydroxyl groups excluding tert-OH is 1. The third kappa shape index (κ3) is 6.32. The van der Waals surface area contributed by atoms with Crippen LogP contribution >= 0.6 is 0 Å². The van der Waals surface area contributed by atoms with Gasteiger partial charge in [-0.25, -0.2) is 0 Å². The largest absolute Gasteiger partial charge is 0.455 e. The van der Waals surface area contributed by atoms with Gasteiger partial charge in [-0.1, -0.05) is 66.8 Å². The van der Waals surface area contributed by atoms with Gasteiger partial charge in [-0.15, -0.1) is 0 Å². The van der Waals surface area contributed by atoms with Gasteiger partial charge in [0.25, 0.3) is 5.91 Å². The monoisotopic (exact) mass is 669 g/mol. The number of aliphatic hydroxyl groups is 1. The highest BCUT2D eigenvalue weighted by atomic mass is 16.6. The van der Waals surface area contributed by atoms with Crippen molar-refractivity contribution in [2.45, 2.75) is 82.8 Å². The van der Waals surface area contributed by atoms with Crippen LogP contribution < -0.4 is 4.90 Å². The van der Waals surface area contributed by atoms with Gasteiger partial charge in [-0.2, -0.15) is 0 Å². The van der Waals surface area contributed by atoms with Crippen LogP contribution in [-0.2, 0) is 28.7 Å². The number of carbonyl (C=O) groups is 4. The summed E-state index contributed by atoms with van der Waals surface area (Å²) in [5, 5.41) is 9.41. The summed E-state index contributed by atoms with van der Waals surface area (Å²) in [5.74, 6) is -3.32. The number of hydrogen-bond acceptors (Lipinski definition) is 7. The molecule has 3 amide bonds. The zero-order chi connectivity index (χ0) is 34.9. The summed E-state index contributed by atoms with van der Waals surface area (Å²) in [6.07, 6.45) is 8.16. The van der Waals surface area contributed by atoms with Gasteiger partial charge in [0.2, 0.25) is 11.8 Å². The molecule has 4 aliphatic heterocycles. The number of nitrogens with zero attached hydrogens (tertiary/aromatic N) is 3. The average molecular weight is 670 g/mol. The highest BCUT2D eigenvalue weighted by Crippen LogP contribution is 2.53. The van der Waals surface area contributed by atoms with E-state index >= 15 is 0 Å². The molecule has 2 saturated heterocycles. The number of rotatable bonds is 7. The smallest absolute Gasteiger partial charge is 0.313 e. The second kappa shape index (κ2) is 14.3. The zero-order valence-electron chi connectivity index (χ0n) is 28.8. The molecule has 0 bridgehead atoms. The number of unbranched alkanes of at least 4 members (excludes halogenated alkanes) is 2.